The third kappa shape index (κ3) is 5.19. The van der Waals surface area contributed by atoms with Gasteiger partial charge in [0.05, 0.1) is 48.8 Å². The van der Waals surface area contributed by atoms with Gasteiger partial charge in [0.15, 0.2) is 34.7 Å². The molecule has 12 nitrogen and oxygen atoms in total. The number of rotatable bonds is 2. The van der Waals surface area contributed by atoms with E-state index in [0.29, 0.717) is 59.5 Å². The van der Waals surface area contributed by atoms with Crippen LogP contribution in [-0.4, -0.2) is 82.5 Å². The Kier molecular flexibility index (Phi) is 7.55. The van der Waals surface area contributed by atoms with Crippen molar-refractivity contribution in [3.8, 4) is 23.0 Å². The summed E-state index contributed by atoms with van der Waals surface area (Å²) >= 11 is 0. The minimum atomic E-state index is -0.766. The Morgan fingerprint density at radius 3 is 1.28 bits per heavy atom. The Bertz CT molecular complexity index is 1840. The van der Waals surface area contributed by atoms with E-state index in [-0.39, 0.29) is 69.1 Å². The molecule has 2 N–H and O–H groups in total. The minimum absolute atomic E-state index is 0.0475. The van der Waals surface area contributed by atoms with Gasteiger partial charge in [-0.05, 0) is 53.7 Å². The van der Waals surface area contributed by atoms with Gasteiger partial charge in [0.25, 0.3) is 0 Å². The van der Waals surface area contributed by atoms with Gasteiger partial charge >= 0.3 is 0 Å². The van der Waals surface area contributed by atoms with Crippen molar-refractivity contribution in [1.82, 2.24) is 0 Å². The van der Waals surface area contributed by atoms with E-state index in [4.69, 9.17) is 28.4 Å². The molecule has 6 aliphatic rings. The van der Waals surface area contributed by atoms with Crippen LogP contribution < -0.4 is 9.47 Å². The molecule has 2 aromatic carbocycles. The highest BCUT2D eigenvalue weighted by molar-refractivity contribution is 6.29. The number of phenols is 2. The number of hydrogen-bond donors (Lipinski definition) is 2. The van der Waals surface area contributed by atoms with Gasteiger partial charge in [0.2, 0.25) is 0 Å². The Labute approximate surface area is 288 Å². The standard InChI is InChI=1S/2C19H20O6/c2*1-18(2)24-14-7-10-12(8-19(14,3)25-18)16(21)11-5-9(23-4)6-13(20)15(11)17(10)22/h2*5-6,14,20H,7-8H2,1-4H3/t2*14-,19+/m11/s1. The Balaban J connectivity index is 0.000000157. The van der Waals surface area contributed by atoms with Crippen molar-refractivity contribution < 1.29 is 57.8 Å². The number of benzene rings is 2. The maximum absolute atomic E-state index is 13.0. The predicted octanol–water partition coefficient (Wildman–Crippen LogP) is 5.56. The van der Waals surface area contributed by atoms with Gasteiger partial charge in [0.1, 0.15) is 23.0 Å². The quantitative estimate of drug-likeness (QED) is 0.404. The molecule has 2 aliphatic heterocycles. The average molecular weight is 689 g/mol. The van der Waals surface area contributed by atoms with Crippen LogP contribution in [-0.2, 0) is 18.9 Å². The molecule has 4 aliphatic carbocycles. The van der Waals surface area contributed by atoms with E-state index in [9.17, 15) is 29.4 Å². The van der Waals surface area contributed by atoms with Crippen molar-refractivity contribution >= 4 is 23.1 Å². The Morgan fingerprint density at radius 1 is 0.580 bits per heavy atom. The first-order chi connectivity index (χ1) is 23.3. The molecule has 2 fully saturated rings. The van der Waals surface area contributed by atoms with Crippen LogP contribution in [0.1, 0.15) is 109 Å². The van der Waals surface area contributed by atoms with E-state index in [1.165, 1.54) is 38.5 Å². The van der Waals surface area contributed by atoms with Crippen molar-refractivity contribution in [3.05, 3.63) is 68.8 Å². The molecule has 2 heterocycles. The molecular formula is C38H40O12. The van der Waals surface area contributed by atoms with E-state index < -0.39 is 22.8 Å². The van der Waals surface area contributed by atoms with E-state index in [1.54, 1.807) is 0 Å². The predicted molar refractivity (Wildman–Crippen MR) is 176 cm³/mol. The summed E-state index contributed by atoms with van der Waals surface area (Å²) in [7, 11) is 2.89. The molecule has 0 radical (unpaired) electrons. The lowest BCUT2D eigenvalue weighted by atomic mass is 9.71. The third-order valence-electron chi connectivity index (χ3n) is 10.4. The molecule has 0 amide bonds. The van der Waals surface area contributed by atoms with Gasteiger partial charge < -0.3 is 38.6 Å². The molecule has 0 spiro atoms. The molecular weight excluding hydrogens is 648 g/mol. The zero-order chi connectivity index (χ0) is 36.3. The summed E-state index contributed by atoms with van der Waals surface area (Å²) in [5, 5.41) is 20.5. The molecule has 4 atom stereocenters. The number of carbonyl (C=O) groups is 4. The Hall–Kier alpha value is -4.36. The third-order valence-corrected chi connectivity index (χ3v) is 10.4. The summed E-state index contributed by atoms with van der Waals surface area (Å²) < 4.78 is 34.2. The van der Waals surface area contributed by atoms with Crippen LogP contribution >= 0.6 is 0 Å². The van der Waals surface area contributed by atoms with Crippen LogP contribution in [0.3, 0.4) is 0 Å². The lowest BCUT2D eigenvalue weighted by Gasteiger charge is -2.37. The fourth-order valence-corrected chi connectivity index (χ4v) is 8.38. The van der Waals surface area contributed by atoms with Crippen LogP contribution in [0.25, 0.3) is 0 Å². The lowest BCUT2D eigenvalue weighted by Crippen LogP contribution is -2.44. The Morgan fingerprint density at radius 2 is 0.940 bits per heavy atom. The van der Waals surface area contributed by atoms with Gasteiger partial charge in [-0.25, -0.2) is 0 Å². The highest BCUT2D eigenvalue weighted by Gasteiger charge is 2.57. The molecule has 0 saturated carbocycles. The average Bonchev–Trinajstić information content (AvgIpc) is 3.43. The summed E-state index contributed by atoms with van der Waals surface area (Å²) in [5.41, 5.74) is 0.881. The van der Waals surface area contributed by atoms with E-state index >= 15 is 0 Å². The van der Waals surface area contributed by atoms with Gasteiger partial charge in [-0.1, -0.05) is 0 Å². The van der Waals surface area contributed by atoms with Crippen LogP contribution in [0, 0.1) is 0 Å². The summed E-state index contributed by atoms with van der Waals surface area (Å²) in [6, 6.07) is 5.70. The SMILES string of the molecule is COc1cc(O)c2c(c1)C(=O)C1=C(C[C@H]3OC(C)(C)O[C@@]3(C)C1)C2=O.COc1cc(O)c2c(c1)C(=O)C1=C(C[C@H]3OC(C)(C)O[C@@]3(C)C1)C2=O. The number of aromatic hydroxyl groups is 2. The number of carbonyl (C=O) groups excluding carboxylic acids is 4. The molecule has 2 aromatic rings. The number of methoxy groups -OCH3 is 2. The van der Waals surface area contributed by atoms with Gasteiger partial charge in [0, 0.05) is 71.2 Å². The van der Waals surface area contributed by atoms with Crippen molar-refractivity contribution in [3.63, 3.8) is 0 Å². The molecule has 264 valence electrons. The molecule has 0 unspecified atom stereocenters. The molecule has 2 saturated heterocycles. The number of hydrogen-bond acceptors (Lipinski definition) is 12. The molecule has 12 heteroatoms. The highest BCUT2D eigenvalue weighted by Crippen LogP contribution is 2.51. The van der Waals surface area contributed by atoms with E-state index in [0.717, 1.165) is 0 Å². The number of phenolic OH excluding ortho intramolecular Hbond substituents is 2. The van der Waals surface area contributed by atoms with Crippen molar-refractivity contribution in [1.29, 1.82) is 0 Å². The monoisotopic (exact) mass is 688 g/mol. The number of ketones is 4. The first kappa shape index (κ1) is 34.1. The van der Waals surface area contributed by atoms with Crippen LogP contribution in [0.15, 0.2) is 46.6 Å². The first-order valence-corrected chi connectivity index (χ1v) is 16.5. The topological polar surface area (TPSA) is 164 Å². The van der Waals surface area contributed by atoms with Crippen molar-refractivity contribution in [2.75, 3.05) is 14.2 Å². The van der Waals surface area contributed by atoms with Gasteiger partial charge in [-0.2, -0.15) is 0 Å². The second kappa shape index (κ2) is 11.1. The fourth-order valence-electron chi connectivity index (χ4n) is 8.38. The zero-order valence-electron chi connectivity index (χ0n) is 29.3. The molecule has 50 heavy (non-hydrogen) atoms. The number of ether oxygens (including phenoxy) is 6. The second-order valence-corrected chi connectivity index (χ2v) is 15.0. The lowest BCUT2D eigenvalue weighted by molar-refractivity contribution is -0.160. The maximum atomic E-state index is 13.0. The molecule has 0 aromatic heterocycles. The van der Waals surface area contributed by atoms with Crippen LogP contribution in [0.2, 0.25) is 0 Å². The summed E-state index contributed by atoms with van der Waals surface area (Å²) in [5.74, 6) is -2.49. The molecule has 0 bridgehead atoms. The summed E-state index contributed by atoms with van der Waals surface area (Å²) in [4.78, 5) is 52.0. The van der Waals surface area contributed by atoms with Crippen LogP contribution in [0.5, 0.6) is 23.0 Å². The second-order valence-electron chi connectivity index (χ2n) is 15.0. The number of fused-ring (bicyclic) bond motifs is 4. The van der Waals surface area contributed by atoms with Crippen molar-refractivity contribution in [2.45, 2.75) is 102 Å². The first-order valence-electron chi connectivity index (χ1n) is 16.5. The maximum Gasteiger partial charge on any atom is 0.194 e. The van der Waals surface area contributed by atoms with Crippen LogP contribution in [0.4, 0.5) is 0 Å². The zero-order valence-corrected chi connectivity index (χ0v) is 29.3. The van der Waals surface area contributed by atoms with E-state index in [1.807, 2.05) is 41.5 Å². The van der Waals surface area contributed by atoms with Crippen molar-refractivity contribution in [2.24, 2.45) is 0 Å². The fraction of sp³-hybridized carbons (Fsp3) is 0.474. The summed E-state index contributed by atoms with van der Waals surface area (Å²) in [6.07, 6.45) is 0.589. The normalized spacial score (nSPS) is 30.0. The van der Waals surface area contributed by atoms with E-state index in [2.05, 4.69) is 0 Å². The largest absolute Gasteiger partial charge is 0.507 e. The number of Topliss-reactive ketones (excluding diaryl/α,β-unsaturated/α-hetero) is 4. The van der Waals surface area contributed by atoms with Gasteiger partial charge in [-0.3, -0.25) is 19.2 Å². The minimum Gasteiger partial charge on any atom is -0.507 e. The summed E-state index contributed by atoms with van der Waals surface area (Å²) in [6.45, 7) is 11.1. The smallest absolute Gasteiger partial charge is 0.194 e. The highest BCUT2D eigenvalue weighted by atomic mass is 16.8. The van der Waals surface area contributed by atoms with Gasteiger partial charge in [-0.15, -0.1) is 0 Å². The molecule has 8 rings (SSSR count).